The van der Waals surface area contributed by atoms with Crippen molar-refractivity contribution < 1.29 is 4.74 Å². The van der Waals surface area contributed by atoms with Gasteiger partial charge in [-0.3, -0.25) is 0 Å². The smallest absolute Gasteiger partial charge is 0.191 e. The van der Waals surface area contributed by atoms with E-state index in [4.69, 9.17) is 4.74 Å². The van der Waals surface area contributed by atoms with Gasteiger partial charge in [0.1, 0.15) is 0 Å². The Morgan fingerprint density at radius 1 is 1.12 bits per heavy atom. The van der Waals surface area contributed by atoms with Gasteiger partial charge in [-0.2, -0.15) is 0 Å². The van der Waals surface area contributed by atoms with E-state index in [9.17, 15) is 0 Å². The molecule has 0 radical (unpaired) electrons. The Kier molecular flexibility index (Phi) is 13.6. The summed E-state index contributed by atoms with van der Waals surface area (Å²) in [6, 6.07) is 8.48. The Bertz CT molecular complexity index is 475. The number of aliphatic imine (C=N–C) groups is 1. The van der Waals surface area contributed by atoms with Crippen molar-refractivity contribution in [3.8, 4) is 0 Å². The van der Waals surface area contributed by atoms with Gasteiger partial charge in [-0.25, -0.2) is 4.99 Å². The first-order chi connectivity index (χ1) is 11.5. The SMILES string of the molecule is CCNC(=NCc1ccc(N(C)C)cc1)NCCOCCC(C)C.I. The molecule has 6 heteroatoms. The lowest BCUT2D eigenvalue weighted by molar-refractivity contribution is 0.128. The van der Waals surface area contributed by atoms with E-state index in [0.29, 0.717) is 19.1 Å². The predicted molar refractivity (Wildman–Crippen MR) is 119 cm³/mol. The van der Waals surface area contributed by atoms with Crippen molar-refractivity contribution in [2.45, 2.75) is 33.7 Å². The third kappa shape index (κ3) is 11.3. The van der Waals surface area contributed by atoms with Crippen LogP contribution in [0, 0.1) is 5.92 Å². The standard InChI is InChI=1S/C19H34N4O.HI/c1-6-20-19(21-12-14-24-13-11-16(2)3)22-15-17-7-9-18(10-8-17)23(4)5;/h7-10,16H,6,11-15H2,1-5H3,(H2,20,21,22);1H. The van der Waals surface area contributed by atoms with Gasteiger partial charge in [0.05, 0.1) is 13.2 Å². The maximum absolute atomic E-state index is 5.62. The summed E-state index contributed by atoms with van der Waals surface area (Å²) in [6.45, 7) is 10.3. The average Bonchev–Trinajstić information content (AvgIpc) is 2.55. The highest BCUT2D eigenvalue weighted by molar-refractivity contribution is 14.0. The zero-order valence-electron chi connectivity index (χ0n) is 16.3. The van der Waals surface area contributed by atoms with Crippen LogP contribution < -0.4 is 15.5 Å². The first-order valence-corrected chi connectivity index (χ1v) is 8.89. The van der Waals surface area contributed by atoms with Gasteiger partial charge in [0.15, 0.2) is 5.96 Å². The number of halogens is 1. The lowest BCUT2D eigenvalue weighted by atomic mass is 10.1. The lowest BCUT2D eigenvalue weighted by Crippen LogP contribution is -2.39. The molecule has 0 saturated heterocycles. The third-order valence-corrected chi connectivity index (χ3v) is 3.60. The number of ether oxygens (including phenoxy) is 1. The highest BCUT2D eigenvalue weighted by atomic mass is 127. The van der Waals surface area contributed by atoms with Gasteiger partial charge >= 0.3 is 0 Å². The van der Waals surface area contributed by atoms with Crippen LogP contribution in [0.1, 0.15) is 32.8 Å². The summed E-state index contributed by atoms with van der Waals surface area (Å²) in [7, 11) is 4.09. The second kappa shape index (κ2) is 14.2. The minimum absolute atomic E-state index is 0. The molecule has 25 heavy (non-hydrogen) atoms. The Balaban J connectivity index is 0.00000576. The molecule has 0 saturated carbocycles. The molecular formula is C19H35IN4O. The van der Waals surface area contributed by atoms with Gasteiger partial charge in [0, 0.05) is 39.5 Å². The molecule has 0 amide bonds. The van der Waals surface area contributed by atoms with Crippen molar-refractivity contribution >= 4 is 35.6 Å². The van der Waals surface area contributed by atoms with Crippen molar-refractivity contribution in [3.05, 3.63) is 29.8 Å². The monoisotopic (exact) mass is 462 g/mol. The van der Waals surface area contributed by atoms with Crippen LogP contribution >= 0.6 is 24.0 Å². The summed E-state index contributed by atoms with van der Waals surface area (Å²) >= 11 is 0. The summed E-state index contributed by atoms with van der Waals surface area (Å²) in [5.74, 6) is 1.53. The molecular weight excluding hydrogens is 427 g/mol. The highest BCUT2D eigenvalue weighted by Gasteiger charge is 1.99. The fourth-order valence-corrected chi connectivity index (χ4v) is 2.07. The number of nitrogens with zero attached hydrogens (tertiary/aromatic N) is 2. The van der Waals surface area contributed by atoms with Crippen LogP contribution in [-0.2, 0) is 11.3 Å². The van der Waals surface area contributed by atoms with E-state index < -0.39 is 0 Å². The first kappa shape index (κ1) is 24.0. The molecule has 144 valence electrons. The van der Waals surface area contributed by atoms with Crippen molar-refractivity contribution in [1.82, 2.24) is 10.6 Å². The second-order valence-corrected chi connectivity index (χ2v) is 6.48. The van der Waals surface area contributed by atoms with Crippen LogP contribution in [0.3, 0.4) is 0 Å². The molecule has 0 aliphatic carbocycles. The zero-order chi connectivity index (χ0) is 17.8. The number of anilines is 1. The van der Waals surface area contributed by atoms with E-state index in [1.165, 1.54) is 11.3 Å². The summed E-state index contributed by atoms with van der Waals surface area (Å²) < 4.78 is 5.62. The summed E-state index contributed by atoms with van der Waals surface area (Å²) in [4.78, 5) is 6.72. The van der Waals surface area contributed by atoms with Gasteiger partial charge < -0.3 is 20.3 Å². The maximum atomic E-state index is 5.62. The van der Waals surface area contributed by atoms with Crippen molar-refractivity contribution in [2.24, 2.45) is 10.9 Å². The normalized spacial score (nSPS) is 11.2. The van der Waals surface area contributed by atoms with Crippen LogP contribution in [0.4, 0.5) is 5.69 Å². The zero-order valence-corrected chi connectivity index (χ0v) is 18.7. The molecule has 0 spiro atoms. The average molecular weight is 462 g/mol. The van der Waals surface area contributed by atoms with E-state index >= 15 is 0 Å². The molecule has 0 aliphatic rings. The number of hydrogen-bond acceptors (Lipinski definition) is 3. The summed E-state index contributed by atoms with van der Waals surface area (Å²) in [6.07, 6.45) is 1.11. The van der Waals surface area contributed by atoms with Crippen molar-refractivity contribution in [2.75, 3.05) is 45.3 Å². The quantitative estimate of drug-likeness (QED) is 0.242. The molecule has 0 bridgehead atoms. The Hall–Kier alpha value is -1.02. The van der Waals surface area contributed by atoms with Gasteiger partial charge in [-0.15, -0.1) is 24.0 Å². The fraction of sp³-hybridized carbons (Fsp3) is 0.632. The third-order valence-electron chi connectivity index (χ3n) is 3.60. The molecule has 2 N–H and O–H groups in total. The Labute approximate surface area is 170 Å². The Morgan fingerprint density at radius 2 is 1.80 bits per heavy atom. The molecule has 0 unspecified atom stereocenters. The molecule has 1 aromatic rings. The minimum atomic E-state index is 0. The van der Waals surface area contributed by atoms with Gasteiger partial charge in [-0.1, -0.05) is 26.0 Å². The molecule has 1 rings (SSSR count). The topological polar surface area (TPSA) is 48.9 Å². The highest BCUT2D eigenvalue weighted by Crippen LogP contribution is 2.12. The molecule has 5 nitrogen and oxygen atoms in total. The number of rotatable bonds is 10. The maximum Gasteiger partial charge on any atom is 0.191 e. The van der Waals surface area contributed by atoms with E-state index in [1.807, 2.05) is 14.1 Å². The number of benzene rings is 1. The van der Waals surface area contributed by atoms with E-state index in [2.05, 4.69) is 65.6 Å². The number of nitrogens with one attached hydrogen (secondary N) is 2. The summed E-state index contributed by atoms with van der Waals surface area (Å²) in [5, 5.41) is 6.58. The largest absolute Gasteiger partial charge is 0.380 e. The molecule has 0 heterocycles. The number of guanidine groups is 1. The van der Waals surface area contributed by atoms with E-state index in [1.54, 1.807) is 0 Å². The van der Waals surface area contributed by atoms with E-state index in [-0.39, 0.29) is 24.0 Å². The first-order valence-electron chi connectivity index (χ1n) is 8.89. The molecule has 0 atom stereocenters. The van der Waals surface area contributed by atoms with Crippen LogP contribution in [-0.4, -0.2) is 46.4 Å². The molecule has 0 fully saturated rings. The summed E-state index contributed by atoms with van der Waals surface area (Å²) in [5.41, 5.74) is 2.40. The van der Waals surface area contributed by atoms with Crippen LogP contribution in [0.5, 0.6) is 0 Å². The van der Waals surface area contributed by atoms with Crippen LogP contribution in [0.2, 0.25) is 0 Å². The second-order valence-electron chi connectivity index (χ2n) is 6.48. The minimum Gasteiger partial charge on any atom is -0.380 e. The molecule has 0 aliphatic heterocycles. The van der Waals surface area contributed by atoms with Gasteiger partial charge in [0.2, 0.25) is 0 Å². The van der Waals surface area contributed by atoms with Crippen LogP contribution in [0.15, 0.2) is 29.3 Å². The van der Waals surface area contributed by atoms with Gasteiger partial charge in [-0.05, 0) is 37.0 Å². The number of hydrogen-bond donors (Lipinski definition) is 2. The Morgan fingerprint density at radius 3 is 2.36 bits per heavy atom. The van der Waals surface area contributed by atoms with E-state index in [0.717, 1.165) is 32.1 Å². The predicted octanol–water partition coefficient (Wildman–Crippen LogP) is 3.49. The van der Waals surface area contributed by atoms with Crippen molar-refractivity contribution in [3.63, 3.8) is 0 Å². The fourth-order valence-electron chi connectivity index (χ4n) is 2.07. The lowest BCUT2D eigenvalue weighted by Gasteiger charge is -2.13. The molecule has 1 aromatic carbocycles. The van der Waals surface area contributed by atoms with Gasteiger partial charge in [0.25, 0.3) is 0 Å². The van der Waals surface area contributed by atoms with Crippen molar-refractivity contribution in [1.29, 1.82) is 0 Å². The van der Waals surface area contributed by atoms with Crippen LogP contribution in [0.25, 0.3) is 0 Å². The molecule has 0 aromatic heterocycles.